The maximum Gasteiger partial charge on any atom is 0.408 e. The minimum Gasteiger partial charge on any atom is -0.439 e. The van der Waals surface area contributed by atoms with Crippen LogP contribution in [0.5, 0.6) is 0 Å². The smallest absolute Gasteiger partial charge is 0.408 e. The number of hydrogen-bond acceptors (Lipinski definition) is 4. The second kappa shape index (κ2) is 12.9. The minimum atomic E-state index is -0.662. The fraction of sp³-hybridized carbons (Fsp3) is 0.576. The first-order valence-corrected chi connectivity index (χ1v) is 14.7. The molecular formula is C33H46N2O4. The van der Waals surface area contributed by atoms with Crippen LogP contribution in [0.2, 0.25) is 0 Å². The van der Waals surface area contributed by atoms with Gasteiger partial charge in [-0.3, -0.25) is 0 Å². The van der Waals surface area contributed by atoms with Crippen molar-refractivity contribution in [2.45, 2.75) is 109 Å². The summed E-state index contributed by atoms with van der Waals surface area (Å²) < 4.78 is 11.5. The second-order valence-electron chi connectivity index (χ2n) is 12.5. The molecule has 0 aromatic heterocycles. The van der Waals surface area contributed by atoms with Crippen LogP contribution in [0.3, 0.4) is 0 Å². The average molecular weight is 535 g/mol. The molecule has 0 unspecified atom stereocenters. The van der Waals surface area contributed by atoms with E-state index in [9.17, 15) is 9.59 Å². The highest BCUT2D eigenvalue weighted by Gasteiger charge is 2.31. The first-order chi connectivity index (χ1) is 18.6. The molecule has 0 atom stereocenters. The summed E-state index contributed by atoms with van der Waals surface area (Å²) in [6.07, 6.45) is 9.19. The van der Waals surface area contributed by atoms with Crippen LogP contribution in [0, 0.1) is 11.8 Å². The topological polar surface area (TPSA) is 76.7 Å². The van der Waals surface area contributed by atoms with Crippen LogP contribution in [-0.2, 0) is 20.7 Å². The van der Waals surface area contributed by atoms with Gasteiger partial charge >= 0.3 is 12.2 Å². The zero-order chi connectivity index (χ0) is 27.9. The van der Waals surface area contributed by atoms with E-state index in [0.717, 1.165) is 62.5 Å². The summed E-state index contributed by atoms with van der Waals surface area (Å²) in [4.78, 5) is 25.2. The number of carbonyl (C=O) groups is 2. The highest BCUT2D eigenvalue weighted by Crippen LogP contribution is 2.36. The molecular weight excluding hydrogens is 488 g/mol. The molecule has 2 aromatic rings. The van der Waals surface area contributed by atoms with E-state index < -0.39 is 11.2 Å². The fourth-order valence-electron chi connectivity index (χ4n) is 6.21. The van der Waals surface area contributed by atoms with E-state index in [1.54, 1.807) is 0 Å². The highest BCUT2D eigenvalue weighted by atomic mass is 16.6. The average Bonchev–Trinajstić information content (AvgIpc) is 2.91. The van der Waals surface area contributed by atoms with Crippen LogP contribution < -0.4 is 10.6 Å². The second-order valence-corrected chi connectivity index (χ2v) is 12.5. The maximum absolute atomic E-state index is 12.6. The molecule has 2 aliphatic carbocycles. The predicted octanol–water partition coefficient (Wildman–Crippen LogP) is 7.82. The van der Waals surface area contributed by atoms with Crippen molar-refractivity contribution in [2.24, 2.45) is 11.8 Å². The third kappa shape index (κ3) is 8.48. The number of amides is 2. The van der Waals surface area contributed by atoms with Gasteiger partial charge in [0.25, 0.3) is 0 Å². The van der Waals surface area contributed by atoms with Crippen LogP contribution in [0.25, 0.3) is 0 Å². The van der Waals surface area contributed by atoms with Gasteiger partial charge in [0.1, 0.15) is 11.2 Å². The van der Waals surface area contributed by atoms with E-state index in [4.69, 9.17) is 9.47 Å². The molecule has 0 aliphatic heterocycles. The fourth-order valence-corrected chi connectivity index (χ4v) is 6.21. The number of ether oxygens (including phenoxy) is 2. The summed E-state index contributed by atoms with van der Waals surface area (Å²) in [6.45, 7) is 7.71. The van der Waals surface area contributed by atoms with Crippen molar-refractivity contribution >= 4 is 12.2 Å². The van der Waals surface area contributed by atoms with Crippen LogP contribution in [0.4, 0.5) is 9.59 Å². The lowest BCUT2D eigenvalue weighted by Gasteiger charge is -2.35. The first kappa shape index (κ1) is 29.0. The molecule has 0 saturated heterocycles. The van der Waals surface area contributed by atoms with Crippen molar-refractivity contribution in [3.05, 3.63) is 71.8 Å². The summed E-state index contributed by atoms with van der Waals surface area (Å²) in [5, 5.41) is 6.21. The number of nitrogens with one attached hydrogen (secondary N) is 2. The molecule has 2 fully saturated rings. The van der Waals surface area contributed by atoms with Crippen molar-refractivity contribution in [1.82, 2.24) is 10.6 Å². The molecule has 0 bridgehead atoms. The van der Waals surface area contributed by atoms with Gasteiger partial charge in [0.2, 0.25) is 0 Å². The standard InChI is InChI=1S/C33H46N2O4/c1-32(2,26-11-7-5-8-12-26)38-30(36)34-28-19-15-24(16-20-28)23-25-17-21-29(22-18-25)35-31(37)39-33(3,4)27-13-9-6-10-14-27/h5-14,24-25,28-29H,15-23H2,1-4H3,(H,34,36)(H,35,37). The van der Waals surface area contributed by atoms with Crippen LogP contribution in [-0.4, -0.2) is 24.3 Å². The molecule has 6 heteroatoms. The molecule has 0 heterocycles. The van der Waals surface area contributed by atoms with E-state index in [1.807, 2.05) is 88.4 Å². The summed E-state index contributed by atoms with van der Waals surface area (Å²) in [6, 6.07) is 20.1. The van der Waals surface area contributed by atoms with Gasteiger partial charge in [-0.2, -0.15) is 0 Å². The zero-order valence-corrected chi connectivity index (χ0v) is 24.1. The molecule has 6 nitrogen and oxygen atoms in total. The van der Waals surface area contributed by atoms with E-state index in [-0.39, 0.29) is 24.3 Å². The third-order valence-electron chi connectivity index (χ3n) is 8.64. The van der Waals surface area contributed by atoms with Gasteiger partial charge in [-0.1, -0.05) is 60.7 Å². The van der Waals surface area contributed by atoms with Crippen LogP contribution in [0.15, 0.2) is 60.7 Å². The van der Waals surface area contributed by atoms with Gasteiger partial charge in [-0.15, -0.1) is 0 Å². The minimum absolute atomic E-state index is 0.186. The molecule has 212 valence electrons. The Morgan fingerprint density at radius 3 is 1.28 bits per heavy atom. The Bertz CT molecular complexity index is 968. The Kier molecular flexibility index (Phi) is 9.58. The van der Waals surface area contributed by atoms with Crippen molar-refractivity contribution in [3.8, 4) is 0 Å². The van der Waals surface area contributed by atoms with E-state index in [0.29, 0.717) is 11.8 Å². The third-order valence-corrected chi connectivity index (χ3v) is 8.64. The van der Waals surface area contributed by atoms with Gasteiger partial charge in [0, 0.05) is 12.1 Å². The van der Waals surface area contributed by atoms with Gasteiger partial charge in [-0.05, 0) is 108 Å². The van der Waals surface area contributed by atoms with Crippen molar-refractivity contribution in [1.29, 1.82) is 0 Å². The lowest BCUT2D eigenvalue weighted by Crippen LogP contribution is -2.42. The van der Waals surface area contributed by atoms with E-state index in [1.165, 1.54) is 6.42 Å². The van der Waals surface area contributed by atoms with Crippen LogP contribution >= 0.6 is 0 Å². The molecule has 2 amide bonds. The number of alkyl carbamates (subject to hydrolysis) is 2. The number of hydrogen-bond donors (Lipinski definition) is 2. The molecule has 39 heavy (non-hydrogen) atoms. The molecule has 4 rings (SSSR count). The molecule has 2 aromatic carbocycles. The van der Waals surface area contributed by atoms with Gasteiger partial charge in [-0.25, -0.2) is 9.59 Å². The van der Waals surface area contributed by atoms with E-state index in [2.05, 4.69) is 10.6 Å². The largest absolute Gasteiger partial charge is 0.439 e. The normalized spacial score (nSPS) is 23.9. The Morgan fingerprint density at radius 2 is 0.949 bits per heavy atom. The Labute approximate surface area is 234 Å². The molecule has 0 spiro atoms. The summed E-state index contributed by atoms with van der Waals surface area (Å²) in [5.41, 5.74) is 0.652. The first-order valence-electron chi connectivity index (χ1n) is 14.7. The molecule has 2 aliphatic rings. The van der Waals surface area contributed by atoms with Gasteiger partial charge in [0.15, 0.2) is 0 Å². The zero-order valence-electron chi connectivity index (χ0n) is 24.1. The quantitative estimate of drug-likeness (QED) is 0.362. The van der Waals surface area contributed by atoms with Crippen molar-refractivity contribution in [3.63, 3.8) is 0 Å². The summed E-state index contributed by atoms with van der Waals surface area (Å²) >= 11 is 0. The Balaban J connectivity index is 1.12. The predicted molar refractivity (Wildman–Crippen MR) is 154 cm³/mol. The van der Waals surface area contributed by atoms with Gasteiger partial charge < -0.3 is 20.1 Å². The Hall–Kier alpha value is -3.02. The molecule has 2 N–H and O–H groups in total. The number of carbonyl (C=O) groups excluding carboxylic acids is 2. The lowest BCUT2D eigenvalue weighted by molar-refractivity contribution is 0.0324. The monoisotopic (exact) mass is 534 g/mol. The summed E-state index contributed by atoms with van der Waals surface area (Å²) in [5.74, 6) is 1.43. The molecule has 2 saturated carbocycles. The van der Waals surface area contributed by atoms with Crippen molar-refractivity contribution < 1.29 is 19.1 Å². The summed E-state index contributed by atoms with van der Waals surface area (Å²) in [7, 11) is 0. The van der Waals surface area contributed by atoms with E-state index >= 15 is 0 Å². The number of rotatable bonds is 8. The Morgan fingerprint density at radius 1 is 0.615 bits per heavy atom. The number of benzene rings is 2. The highest BCUT2D eigenvalue weighted by molar-refractivity contribution is 5.68. The SMILES string of the molecule is CC(C)(OC(=O)NC1CCC(CC2CCC(NC(=O)OC(C)(C)c3ccccc3)CC2)CC1)c1ccccc1. The lowest BCUT2D eigenvalue weighted by atomic mass is 9.76. The van der Waals surface area contributed by atoms with Crippen LogP contribution in [0.1, 0.15) is 96.6 Å². The molecule has 0 radical (unpaired) electrons. The maximum atomic E-state index is 12.6. The van der Waals surface area contributed by atoms with Crippen molar-refractivity contribution in [2.75, 3.05) is 0 Å². The van der Waals surface area contributed by atoms with Gasteiger partial charge in [0.05, 0.1) is 0 Å².